The largest absolute Gasteiger partial charge is 0.506 e. The van der Waals surface area contributed by atoms with Gasteiger partial charge in [-0.15, -0.1) is 0 Å². The first-order valence-electron chi connectivity index (χ1n) is 6.17. The van der Waals surface area contributed by atoms with E-state index in [1.54, 1.807) is 25.1 Å². The summed E-state index contributed by atoms with van der Waals surface area (Å²) < 4.78 is 26.9. The fourth-order valence-electron chi connectivity index (χ4n) is 2.04. The van der Waals surface area contributed by atoms with Crippen LogP contribution >= 0.6 is 0 Å². The Morgan fingerprint density at radius 3 is 2.74 bits per heavy atom. The monoisotopic (exact) mass is 286 g/mol. The SMILES string of the molecule is CC(O)CCc1ccc(N2CCNS2(=O)=O)c(O)c1. The van der Waals surface area contributed by atoms with E-state index in [0.717, 1.165) is 9.87 Å². The van der Waals surface area contributed by atoms with Crippen molar-refractivity contribution >= 4 is 15.9 Å². The number of rotatable bonds is 4. The summed E-state index contributed by atoms with van der Waals surface area (Å²) in [6.45, 7) is 2.35. The van der Waals surface area contributed by atoms with Crippen LogP contribution in [-0.2, 0) is 16.6 Å². The Hall–Kier alpha value is -1.31. The zero-order valence-corrected chi connectivity index (χ0v) is 11.5. The third-order valence-electron chi connectivity index (χ3n) is 3.05. The third-order valence-corrected chi connectivity index (χ3v) is 4.58. The predicted octanol–water partition coefficient (Wildman–Crippen LogP) is 0.360. The van der Waals surface area contributed by atoms with E-state index in [4.69, 9.17) is 0 Å². The van der Waals surface area contributed by atoms with Gasteiger partial charge in [-0.05, 0) is 37.5 Å². The fraction of sp³-hybridized carbons (Fsp3) is 0.500. The molecule has 19 heavy (non-hydrogen) atoms. The summed E-state index contributed by atoms with van der Waals surface area (Å²) in [4.78, 5) is 0. The van der Waals surface area contributed by atoms with Crippen molar-refractivity contribution in [1.29, 1.82) is 0 Å². The van der Waals surface area contributed by atoms with Gasteiger partial charge in [0.1, 0.15) is 5.75 Å². The number of phenols is 1. The molecule has 1 heterocycles. The highest BCUT2D eigenvalue weighted by Gasteiger charge is 2.29. The van der Waals surface area contributed by atoms with Gasteiger partial charge in [0.2, 0.25) is 0 Å². The van der Waals surface area contributed by atoms with Crippen molar-refractivity contribution in [3.8, 4) is 5.75 Å². The summed E-state index contributed by atoms with van der Waals surface area (Å²) in [5.41, 5.74) is 1.15. The van der Waals surface area contributed by atoms with Crippen molar-refractivity contribution in [2.45, 2.75) is 25.9 Å². The van der Waals surface area contributed by atoms with Crippen molar-refractivity contribution in [3.05, 3.63) is 23.8 Å². The molecule has 6 nitrogen and oxygen atoms in total. The molecule has 0 saturated carbocycles. The first-order chi connectivity index (χ1) is 8.90. The lowest BCUT2D eigenvalue weighted by atomic mass is 10.1. The van der Waals surface area contributed by atoms with Crippen LogP contribution in [0, 0.1) is 0 Å². The summed E-state index contributed by atoms with van der Waals surface area (Å²) in [6.07, 6.45) is 0.837. The molecule has 0 bridgehead atoms. The van der Waals surface area contributed by atoms with Crippen LogP contribution in [0.5, 0.6) is 5.75 Å². The first-order valence-corrected chi connectivity index (χ1v) is 7.61. The van der Waals surface area contributed by atoms with Gasteiger partial charge in [0.25, 0.3) is 0 Å². The molecule has 1 saturated heterocycles. The second kappa shape index (κ2) is 5.36. The fourth-order valence-corrected chi connectivity index (χ4v) is 3.29. The van der Waals surface area contributed by atoms with Crippen LogP contribution in [0.2, 0.25) is 0 Å². The quantitative estimate of drug-likeness (QED) is 0.745. The molecule has 106 valence electrons. The third kappa shape index (κ3) is 3.17. The van der Waals surface area contributed by atoms with Crippen LogP contribution in [0.25, 0.3) is 0 Å². The van der Waals surface area contributed by atoms with E-state index in [9.17, 15) is 18.6 Å². The Kier molecular flexibility index (Phi) is 3.98. The zero-order chi connectivity index (χ0) is 14.0. The van der Waals surface area contributed by atoms with Crippen LogP contribution in [0.3, 0.4) is 0 Å². The minimum Gasteiger partial charge on any atom is -0.506 e. The van der Waals surface area contributed by atoms with Crippen LogP contribution in [0.15, 0.2) is 18.2 Å². The molecule has 7 heteroatoms. The van der Waals surface area contributed by atoms with Gasteiger partial charge in [-0.3, -0.25) is 4.31 Å². The van der Waals surface area contributed by atoms with Gasteiger partial charge in [-0.2, -0.15) is 13.1 Å². The number of anilines is 1. The van der Waals surface area contributed by atoms with Crippen LogP contribution < -0.4 is 9.03 Å². The average Bonchev–Trinajstić information content (AvgIpc) is 2.66. The van der Waals surface area contributed by atoms with E-state index in [0.29, 0.717) is 25.9 Å². The number of aliphatic hydroxyl groups excluding tert-OH is 1. The van der Waals surface area contributed by atoms with E-state index >= 15 is 0 Å². The standard InChI is InChI=1S/C12H18N2O4S/c1-9(15)2-3-10-4-5-11(12(16)8-10)14-7-6-13-19(14,17)18/h4-5,8-9,13,15-16H,2-3,6-7H2,1H3. The summed E-state index contributed by atoms with van der Waals surface area (Å²) in [7, 11) is -3.52. The van der Waals surface area contributed by atoms with Gasteiger partial charge >= 0.3 is 10.2 Å². The maximum atomic E-state index is 11.7. The topological polar surface area (TPSA) is 89.9 Å². The lowest BCUT2D eigenvalue weighted by Gasteiger charge is -2.17. The lowest BCUT2D eigenvalue weighted by Crippen LogP contribution is -2.29. The molecule has 1 aromatic carbocycles. The van der Waals surface area contributed by atoms with E-state index < -0.39 is 16.3 Å². The Balaban J connectivity index is 2.20. The smallest absolute Gasteiger partial charge is 0.301 e. The van der Waals surface area contributed by atoms with Gasteiger partial charge in [-0.25, -0.2) is 0 Å². The molecule has 0 spiro atoms. The van der Waals surface area contributed by atoms with Crippen molar-refractivity contribution in [2.24, 2.45) is 0 Å². The second-order valence-electron chi connectivity index (χ2n) is 4.68. The van der Waals surface area contributed by atoms with E-state index in [2.05, 4.69) is 4.72 Å². The zero-order valence-electron chi connectivity index (χ0n) is 10.7. The van der Waals surface area contributed by atoms with Crippen molar-refractivity contribution in [2.75, 3.05) is 17.4 Å². The number of phenolic OH excluding ortho intramolecular Hbond substituents is 1. The predicted molar refractivity (Wildman–Crippen MR) is 72.4 cm³/mol. The molecule has 1 unspecified atom stereocenters. The first kappa shape index (κ1) is 14.1. The minimum atomic E-state index is -3.52. The number of nitrogens with zero attached hydrogens (tertiary/aromatic N) is 1. The molecule has 0 radical (unpaired) electrons. The molecule has 1 aliphatic heterocycles. The highest BCUT2D eigenvalue weighted by atomic mass is 32.2. The number of nitrogens with one attached hydrogen (secondary N) is 1. The normalized spacial score (nSPS) is 19.6. The van der Waals surface area contributed by atoms with Crippen molar-refractivity contribution in [3.63, 3.8) is 0 Å². The number of benzene rings is 1. The van der Waals surface area contributed by atoms with Crippen molar-refractivity contribution < 1.29 is 18.6 Å². The highest BCUT2D eigenvalue weighted by molar-refractivity contribution is 7.91. The number of aliphatic hydroxyl groups is 1. The van der Waals surface area contributed by atoms with Gasteiger partial charge in [-0.1, -0.05) is 6.07 Å². The Labute approximate surface area is 112 Å². The summed E-state index contributed by atoms with van der Waals surface area (Å²) >= 11 is 0. The molecule has 0 amide bonds. The van der Waals surface area contributed by atoms with Crippen LogP contribution in [-0.4, -0.2) is 37.8 Å². The molecular weight excluding hydrogens is 268 g/mol. The minimum absolute atomic E-state index is 0.0598. The molecule has 3 N–H and O–H groups in total. The summed E-state index contributed by atoms with van der Waals surface area (Å²) in [6, 6.07) is 4.91. The summed E-state index contributed by atoms with van der Waals surface area (Å²) in [5, 5.41) is 19.2. The number of hydrogen-bond donors (Lipinski definition) is 3. The molecule has 1 atom stereocenters. The van der Waals surface area contributed by atoms with Gasteiger partial charge < -0.3 is 10.2 Å². The summed E-state index contributed by atoms with van der Waals surface area (Å²) in [5.74, 6) is -0.0598. The second-order valence-corrected chi connectivity index (χ2v) is 6.36. The molecule has 1 aliphatic rings. The van der Waals surface area contributed by atoms with Gasteiger partial charge in [0.05, 0.1) is 11.8 Å². The maximum absolute atomic E-state index is 11.7. The Bertz CT molecular complexity index is 557. The van der Waals surface area contributed by atoms with Gasteiger partial charge in [0, 0.05) is 13.1 Å². The Morgan fingerprint density at radius 2 is 2.21 bits per heavy atom. The van der Waals surface area contributed by atoms with E-state index in [1.807, 2.05) is 0 Å². The highest BCUT2D eigenvalue weighted by Crippen LogP contribution is 2.31. The number of aromatic hydroxyl groups is 1. The molecule has 2 rings (SSSR count). The van der Waals surface area contributed by atoms with Crippen LogP contribution in [0.4, 0.5) is 5.69 Å². The molecule has 1 fully saturated rings. The number of aryl methyl sites for hydroxylation is 1. The Morgan fingerprint density at radius 1 is 1.47 bits per heavy atom. The number of hydrogen-bond acceptors (Lipinski definition) is 4. The van der Waals surface area contributed by atoms with Crippen molar-refractivity contribution in [1.82, 2.24) is 4.72 Å². The van der Waals surface area contributed by atoms with Crippen LogP contribution in [0.1, 0.15) is 18.9 Å². The lowest BCUT2D eigenvalue weighted by molar-refractivity contribution is 0.185. The van der Waals surface area contributed by atoms with E-state index in [-0.39, 0.29) is 11.4 Å². The molecule has 0 aromatic heterocycles. The maximum Gasteiger partial charge on any atom is 0.301 e. The molecule has 0 aliphatic carbocycles. The van der Waals surface area contributed by atoms with E-state index in [1.165, 1.54) is 0 Å². The molecule has 1 aromatic rings. The van der Waals surface area contributed by atoms with Gasteiger partial charge in [0.15, 0.2) is 0 Å². The molecular formula is C12H18N2O4S. The average molecular weight is 286 g/mol.